The number of carbonyl (C=O) groups is 1. The molecule has 0 unspecified atom stereocenters. The van der Waals surface area contributed by atoms with Gasteiger partial charge in [0.1, 0.15) is 11.3 Å². The summed E-state index contributed by atoms with van der Waals surface area (Å²) in [5.74, 6) is -2.26. The molecule has 170 valence electrons. The molecular formula is C25H24F2N4O2. The number of hydrogen-bond acceptors (Lipinski definition) is 5. The predicted octanol–water partition coefficient (Wildman–Crippen LogP) is 4.33. The van der Waals surface area contributed by atoms with Crippen molar-refractivity contribution in [3.63, 3.8) is 0 Å². The van der Waals surface area contributed by atoms with Gasteiger partial charge in [0, 0.05) is 55.2 Å². The zero-order chi connectivity index (χ0) is 23.0. The molecule has 0 bridgehead atoms. The van der Waals surface area contributed by atoms with Crippen LogP contribution in [0.2, 0.25) is 0 Å². The highest BCUT2D eigenvalue weighted by atomic mass is 19.3. The summed E-state index contributed by atoms with van der Waals surface area (Å²) < 4.78 is 32.8. The number of carbonyl (C=O) groups excluding carboxylic acids is 1. The van der Waals surface area contributed by atoms with E-state index in [1.165, 1.54) is 11.1 Å². The van der Waals surface area contributed by atoms with Gasteiger partial charge in [0.2, 0.25) is 0 Å². The maximum atomic E-state index is 13.4. The van der Waals surface area contributed by atoms with Gasteiger partial charge in [-0.3, -0.25) is 9.78 Å². The summed E-state index contributed by atoms with van der Waals surface area (Å²) >= 11 is 0. The number of furan rings is 1. The predicted molar refractivity (Wildman–Crippen MR) is 123 cm³/mol. The third kappa shape index (κ3) is 4.26. The zero-order valence-corrected chi connectivity index (χ0v) is 18.0. The number of rotatable bonds is 4. The molecule has 5 rings (SSSR count). The normalized spacial score (nSPS) is 17.7. The molecule has 0 saturated carbocycles. The van der Waals surface area contributed by atoms with Crippen molar-refractivity contribution in [1.82, 2.24) is 15.2 Å². The first-order valence-electron chi connectivity index (χ1n) is 10.9. The fraction of sp³-hybridized carbons (Fsp3) is 0.280. The van der Waals surface area contributed by atoms with Crippen LogP contribution in [0.15, 0.2) is 59.3 Å². The molecule has 2 aliphatic rings. The molecule has 33 heavy (non-hydrogen) atoms. The number of likely N-dealkylation sites (tertiary alicyclic amines) is 1. The zero-order valence-electron chi connectivity index (χ0n) is 18.0. The first-order chi connectivity index (χ1) is 15.9. The van der Waals surface area contributed by atoms with Crippen molar-refractivity contribution >= 4 is 22.4 Å². The Kier molecular flexibility index (Phi) is 5.46. The fourth-order valence-corrected chi connectivity index (χ4v) is 4.25. The Bertz CT molecular complexity index is 1250. The summed E-state index contributed by atoms with van der Waals surface area (Å²) in [5.41, 5.74) is 10.6. The van der Waals surface area contributed by atoms with Crippen LogP contribution in [-0.2, 0) is 6.54 Å². The molecule has 2 aromatic heterocycles. The van der Waals surface area contributed by atoms with Crippen LogP contribution in [0.3, 0.4) is 0 Å². The van der Waals surface area contributed by atoms with Crippen LogP contribution in [0.4, 0.5) is 8.78 Å². The smallest absolute Gasteiger partial charge is 0.255 e. The number of piperidine rings is 1. The molecule has 4 heterocycles. The van der Waals surface area contributed by atoms with Gasteiger partial charge >= 0.3 is 0 Å². The standard InChI is InChI=1S/C25H24F2N4O2/c26-25(27)5-8-31(9-6-25)24(32)17-3-4-22(30-15-17)18-10-19-11-20(13-28)33-23(19)21(12-18)16-2-1-7-29-14-16/h1-4,7,10-12,15,29H,5-6,8-9,13-14,28H2. The van der Waals surface area contributed by atoms with E-state index in [1.54, 1.807) is 12.1 Å². The number of benzene rings is 1. The summed E-state index contributed by atoms with van der Waals surface area (Å²) in [6.07, 6.45) is 6.78. The van der Waals surface area contributed by atoms with Crippen molar-refractivity contribution in [1.29, 1.82) is 0 Å². The highest BCUT2D eigenvalue weighted by Crippen LogP contribution is 2.34. The molecule has 1 saturated heterocycles. The van der Waals surface area contributed by atoms with E-state index in [4.69, 9.17) is 10.2 Å². The summed E-state index contributed by atoms with van der Waals surface area (Å²) in [6.45, 7) is 1.08. The van der Waals surface area contributed by atoms with Crippen LogP contribution >= 0.6 is 0 Å². The Balaban J connectivity index is 1.46. The molecule has 0 radical (unpaired) electrons. The molecule has 6 nitrogen and oxygen atoms in total. The molecule has 0 atom stereocenters. The van der Waals surface area contributed by atoms with Crippen LogP contribution in [0.1, 0.15) is 34.5 Å². The lowest BCUT2D eigenvalue weighted by Gasteiger charge is -2.31. The summed E-state index contributed by atoms with van der Waals surface area (Å²) in [7, 11) is 0. The van der Waals surface area contributed by atoms with Gasteiger partial charge in [-0.2, -0.15) is 0 Å². The lowest BCUT2D eigenvalue weighted by molar-refractivity contribution is -0.0494. The molecule has 3 aromatic rings. The number of alkyl halides is 2. The monoisotopic (exact) mass is 450 g/mol. The number of pyridine rings is 1. The third-order valence-corrected chi connectivity index (χ3v) is 6.11. The number of hydrogen-bond donors (Lipinski definition) is 2. The van der Waals surface area contributed by atoms with Gasteiger partial charge in [-0.25, -0.2) is 8.78 Å². The Morgan fingerprint density at radius 3 is 2.70 bits per heavy atom. The molecule has 1 aromatic carbocycles. The van der Waals surface area contributed by atoms with E-state index in [0.29, 0.717) is 30.1 Å². The van der Waals surface area contributed by atoms with Crippen molar-refractivity contribution in [2.75, 3.05) is 19.6 Å². The summed E-state index contributed by atoms with van der Waals surface area (Å²) in [6, 6.07) is 9.43. The number of fused-ring (bicyclic) bond motifs is 1. The second-order valence-corrected chi connectivity index (χ2v) is 8.37. The minimum atomic E-state index is -2.69. The van der Waals surface area contributed by atoms with Gasteiger partial charge in [-0.1, -0.05) is 6.08 Å². The van der Waals surface area contributed by atoms with Crippen molar-refractivity contribution in [3.8, 4) is 11.3 Å². The van der Waals surface area contributed by atoms with Crippen LogP contribution in [0.25, 0.3) is 27.8 Å². The van der Waals surface area contributed by atoms with Gasteiger partial charge in [-0.05, 0) is 48.2 Å². The maximum Gasteiger partial charge on any atom is 0.255 e. The summed E-state index contributed by atoms with van der Waals surface area (Å²) in [5, 5.41) is 4.14. The molecular weight excluding hydrogens is 426 g/mol. The second-order valence-electron chi connectivity index (χ2n) is 8.37. The van der Waals surface area contributed by atoms with Gasteiger partial charge < -0.3 is 20.4 Å². The lowest BCUT2D eigenvalue weighted by Crippen LogP contribution is -2.42. The molecule has 8 heteroatoms. The number of nitrogens with two attached hydrogens (primary N) is 1. The molecule has 1 amide bonds. The average molecular weight is 450 g/mol. The first kappa shape index (κ1) is 21.3. The van der Waals surface area contributed by atoms with Crippen molar-refractivity contribution in [3.05, 3.63) is 71.8 Å². The van der Waals surface area contributed by atoms with Gasteiger partial charge in [0.05, 0.1) is 17.8 Å². The van der Waals surface area contributed by atoms with E-state index in [-0.39, 0.29) is 31.8 Å². The number of amides is 1. The Morgan fingerprint density at radius 2 is 2.03 bits per heavy atom. The average Bonchev–Trinajstić information content (AvgIpc) is 3.27. The minimum Gasteiger partial charge on any atom is -0.459 e. The Morgan fingerprint density at radius 1 is 1.21 bits per heavy atom. The molecule has 0 aliphatic carbocycles. The number of halogens is 2. The third-order valence-electron chi connectivity index (χ3n) is 6.11. The number of aromatic nitrogens is 1. The van der Waals surface area contributed by atoms with E-state index in [9.17, 15) is 13.6 Å². The molecule has 2 aliphatic heterocycles. The highest BCUT2D eigenvalue weighted by Gasteiger charge is 2.35. The number of nitrogens with one attached hydrogen (secondary N) is 1. The Hall–Kier alpha value is -3.52. The van der Waals surface area contributed by atoms with Crippen molar-refractivity contribution < 1.29 is 18.0 Å². The van der Waals surface area contributed by atoms with Gasteiger partial charge in [-0.15, -0.1) is 0 Å². The number of dihydropyridines is 1. The maximum absolute atomic E-state index is 13.4. The number of allylic oxidation sites excluding steroid dienone is 2. The van der Waals surface area contributed by atoms with Crippen LogP contribution < -0.4 is 11.1 Å². The summed E-state index contributed by atoms with van der Waals surface area (Å²) in [4.78, 5) is 18.7. The van der Waals surface area contributed by atoms with Crippen molar-refractivity contribution in [2.45, 2.75) is 25.3 Å². The quantitative estimate of drug-likeness (QED) is 0.618. The minimum absolute atomic E-state index is 0.0508. The van der Waals surface area contributed by atoms with E-state index >= 15 is 0 Å². The van der Waals surface area contributed by atoms with Crippen LogP contribution in [-0.4, -0.2) is 41.3 Å². The van der Waals surface area contributed by atoms with E-state index in [1.807, 2.05) is 36.6 Å². The van der Waals surface area contributed by atoms with Gasteiger partial charge in [0.25, 0.3) is 11.8 Å². The number of nitrogens with zero attached hydrogens (tertiary/aromatic N) is 2. The second kappa shape index (κ2) is 8.44. The van der Waals surface area contributed by atoms with E-state index in [2.05, 4.69) is 10.3 Å². The fourth-order valence-electron chi connectivity index (χ4n) is 4.25. The van der Waals surface area contributed by atoms with Crippen molar-refractivity contribution in [2.24, 2.45) is 5.73 Å². The first-order valence-corrected chi connectivity index (χ1v) is 10.9. The van der Waals surface area contributed by atoms with Crippen LogP contribution in [0, 0.1) is 0 Å². The largest absolute Gasteiger partial charge is 0.459 e. The molecule has 3 N–H and O–H groups in total. The molecule has 0 spiro atoms. The topological polar surface area (TPSA) is 84.4 Å². The van der Waals surface area contributed by atoms with Crippen LogP contribution in [0.5, 0.6) is 0 Å². The van der Waals surface area contributed by atoms with E-state index in [0.717, 1.165) is 27.7 Å². The molecule has 1 fully saturated rings. The Labute approximate surface area is 189 Å². The van der Waals surface area contributed by atoms with E-state index < -0.39 is 5.92 Å². The van der Waals surface area contributed by atoms with Gasteiger partial charge in [0.15, 0.2) is 0 Å². The lowest BCUT2D eigenvalue weighted by atomic mass is 9.97. The SMILES string of the molecule is NCc1cc2cc(-c3ccc(C(=O)N4CCC(F)(F)CC4)cn3)cc(C3=CC=CNC3)c2o1. The highest BCUT2D eigenvalue weighted by molar-refractivity contribution is 5.96.